The Hall–Kier alpha value is -1.81. The first kappa shape index (κ1) is 14.6. The smallest absolute Gasteiger partial charge is 0.119 e. The van der Waals surface area contributed by atoms with Gasteiger partial charge in [-0.1, -0.05) is 13.8 Å². The maximum atomic E-state index is 5.60. The van der Waals surface area contributed by atoms with Crippen LogP contribution in [0.25, 0.3) is 11.3 Å². The summed E-state index contributed by atoms with van der Waals surface area (Å²) in [6.45, 7) is 8.85. The number of nitrogens with zero attached hydrogens (tertiary/aromatic N) is 1. The van der Waals surface area contributed by atoms with Crippen molar-refractivity contribution in [2.24, 2.45) is 0 Å². The van der Waals surface area contributed by atoms with E-state index in [-0.39, 0.29) is 0 Å². The molecule has 1 heterocycles. The average Bonchev–Trinajstić information content (AvgIpc) is 2.84. The van der Waals surface area contributed by atoms with Crippen molar-refractivity contribution in [3.05, 3.63) is 35.5 Å². The van der Waals surface area contributed by atoms with Gasteiger partial charge in [0.15, 0.2) is 0 Å². The summed E-state index contributed by atoms with van der Waals surface area (Å²) in [7, 11) is 0. The molecular formula is C16H23N3O. The lowest BCUT2D eigenvalue weighted by atomic mass is 10.1. The molecule has 0 atom stereocenters. The Bertz CT molecular complexity index is 531. The van der Waals surface area contributed by atoms with Gasteiger partial charge < -0.3 is 10.1 Å². The number of aromatic amines is 1. The van der Waals surface area contributed by atoms with Gasteiger partial charge in [-0.3, -0.25) is 5.10 Å². The van der Waals surface area contributed by atoms with E-state index >= 15 is 0 Å². The van der Waals surface area contributed by atoms with E-state index in [0.29, 0.717) is 0 Å². The zero-order valence-electron chi connectivity index (χ0n) is 12.5. The standard InChI is InChI=1S/C16H23N3O/c1-4-10-20-14-8-6-13(7-9-14)16-12(3)15(18-19-16)11-17-5-2/h6-9,17H,4-5,10-11H2,1-3H3,(H,18,19). The van der Waals surface area contributed by atoms with Crippen LogP contribution >= 0.6 is 0 Å². The molecule has 0 aliphatic heterocycles. The Morgan fingerprint density at radius 2 is 1.95 bits per heavy atom. The van der Waals surface area contributed by atoms with Crippen LogP contribution < -0.4 is 10.1 Å². The summed E-state index contributed by atoms with van der Waals surface area (Å²) >= 11 is 0. The SMILES string of the molecule is CCCOc1ccc(-c2n[nH]c(CNCC)c2C)cc1. The van der Waals surface area contributed by atoms with Gasteiger partial charge in [0.25, 0.3) is 0 Å². The van der Waals surface area contributed by atoms with Crippen LogP contribution in [0.15, 0.2) is 24.3 Å². The number of nitrogens with one attached hydrogen (secondary N) is 2. The number of H-pyrrole nitrogens is 1. The predicted octanol–water partition coefficient (Wildman–Crippen LogP) is 3.28. The highest BCUT2D eigenvalue weighted by molar-refractivity contribution is 5.64. The number of ether oxygens (including phenoxy) is 1. The highest BCUT2D eigenvalue weighted by atomic mass is 16.5. The van der Waals surface area contributed by atoms with E-state index in [1.807, 2.05) is 12.1 Å². The summed E-state index contributed by atoms with van der Waals surface area (Å²) in [5, 5.41) is 10.8. The zero-order valence-corrected chi connectivity index (χ0v) is 12.5. The van der Waals surface area contributed by atoms with Crippen molar-refractivity contribution in [2.45, 2.75) is 33.7 Å². The lowest BCUT2D eigenvalue weighted by molar-refractivity contribution is 0.317. The van der Waals surface area contributed by atoms with Crippen LogP contribution in [-0.4, -0.2) is 23.3 Å². The third-order valence-corrected chi connectivity index (χ3v) is 3.26. The summed E-state index contributed by atoms with van der Waals surface area (Å²) in [5.41, 5.74) is 4.48. The van der Waals surface area contributed by atoms with Crippen LogP contribution in [0, 0.1) is 6.92 Å². The van der Waals surface area contributed by atoms with Gasteiger partial charge in [-0.2, -0.15) is 5.10 Å². The van der Waals surface area contributed by atoms with E-state index in [1.54, 1.807) is 0 Å². The third kappa shape index (κ3) is 3.39. The summed E-state index contributed by atoms with van der Waals surface area (Å²) in [5.74, 6) is 0.914. The van der Waals surface area contributed by atoms with E-state index in [9.17, 15) is 0 Å². The number of aromatic nitrogens is 2. The summed E-state index contributed by atoms with van der Waals surface area (Å²) < 4.78 is 5.60. The van der Waals surface area contributed by atoms with Gasteiger partial charge in [0.1, 0.15) is 5.75 Å². The van der Waals surface area contributed by atoms with E-state index in [2.05, 4.69) is 48.4 Å². The van der Waals surface area contributed by atoms with Crippen LogP contribution in [0.4, 0.5) is 0 Å². The van der Waals surface area contributed by atoms with Crippen molar-refractivity contribution < 1.29 is 4.74 Å². The molecule has 0 unspecified atom stereocenters. The lowest BCUT2D eigenvalue weighted by Gasteiger charge is -2.05. The Morgan fingerprint density at radius 3 is 2.60 bits per heavy atom. The quantitative estimate of drug-likeness (QED) is 0.814. The topological polar surface area (TPSA) is 49.9 Å². The fraction of sp³-hybridized carbons (Fsp3) is 0.438. The van der Waals surface area contributed by atoms with Gasteiger partial charge in [-0.15, -0.1) is 0 Å². The van der Waals surface area contributed by atoms with E-state index < -0.39 is 0 Å². The van der Waals surface area contributed by atoms with Crippen molar-refractivity contribution in [1.82, 2.24) is 15.5 Å². The molecule has 0 radical (unpaired) electrons. The van der Waals surface area contributed by atoms with Crippen LogP contribution in [0.1, 0.15) is 31.5 Å². The zero-order chi connectivity index (χ0) is 14.4. The van der Waals surface area contributed by atoms with E-state index in [4.69, 9.17) is 4.74 Å². The number of benzene rings is 1. The van der Waals surface area contributed by atoms with Crippen molar-refractivity contribution in [2.75, 3.05) is 13.2 Å². The highest BCUT2D eigenvalue weighted by Crippen LogP contribution is 2.25. The van der Waals surface area contributed by atoms with Crippen molar-refractivity contribution in [3.63, 3.8) is 0 Å². The Balaban J connectivity index is 2.13. The van der Waals surface area contributed by atoms with Crippen LogP contribution in [-0.2, 0) is 6.54 Å². The second kappa shape index (κ2) is 7.10. The minimum atomic E-state index is 0.758. The van der Waals surface area contributed by atoms with Crippen LogP contribution in [0.3, 0.4) is 0 Å². The third-order valence-electron chi connectivity index (χ3n) is 3.26. The fourth-order valence-corrected chi connectivity index (χ4v) is 2.07. The molecule has 0 amide bonds. The highest BCUT2D eigenvalue weighted by Gasteiger charge is 2.10. The second-order valence-electron chi connectivity index (χ2n) is 4.83. The number of rotatable bonds is 7. The minimum Gasteiger partial charge on any atom is -0.494 e. The molecule has 4 heteroatoms. The molecule has 20 heavy (non-hydrogen) atoms. The summed E-state index contributed by atoms with van der Waals surface area (Å²) in [4.78, 5) is 0. The molecule has 2 aromatic rings. The number of hydrogen-bond acceptors (Lipinski definition) is 3. The Labute approximate surface area is 120 Å². The largest absolute Gasteiger partial charge is 0.494 e. The molecule has 0 aliphatic carbocycles. The van der Waals surface area contributed by atoms with Gasteiger partial charge in [0.2, 0.25) is 0 Å². The predicted molar refractivity (Wildman–Crippen MR) is 81.9 cm³/mol. The fourth-order valence-electron chi connectivity index (χ4n) is 2.07. The first-order valence-corrected chi connectivity index (χ1v) is 7.24. The normalized spacial score (nSPS) is 10.8. The molecule has 0 fully saturated rings. The average molecular weight is 273 g/mol. The van der Waals surface area contributed by atoms with Crippen molar-refractivity contribution >= 4 is 0 Å². The van der Waals surface area contributed by atoms with Gasteiger partial charge in [-0.05, 0) is 49.7 Å². The second-order valence-corrected chi connectivity index (χ2v) is 4.83. The lowest BCUT2D eigenvalue weighted by Crippen LogP contribution is -2.12. The molecular weight excluding hydrogens is 250 g/mol. The monoisotopic (exact) mass is 273 g/mol. The molecule has 0 saturated heterocycles. The molecule has 4 nitrogen and oxygen atoms in total. The summed E-state index contributed by atoms with van der Waals surface area (Å²) in [6, 6.07) is 8.13. The van der Waals surface area contributed by atoms with Crippen LogP contribution in [0.5, 0.6) is 5.75 Å². The molecule has 0 saturated carbocycles. The maximum Gasteiger partial charge on any atom is 0.119 e. The first-order valence-electron chi connectivity index (χ1n) is 7.24. The van der Waals surface area contributed by atoms with E-state index in [0.717, 1.165) is 48.8 Å². The molecule has 2 rings (SSSR count). The van der Waals surface area contributed by atoms with Gasteiger partial charge in [-0.25, -0.2) is 0 Å². The number of hydrogen-bond donors (Lipinski definition) is 2. The summed E-state index contributed by atoms with van der Waals surface area (Å²) in [6.07, 6.45) is 1.02. The first-order chi connectivity index (χ1) is 9.76. The molecule has 1 aromatic heterocycles. The van der Waals surface area contributed by atoms with Gasteiger partial charge >= 0.3 is 0 Å². The minimum absolute atomic E-state index is 0.758. The van der Waals surface area contributed by atoms with Gasteiger partial charge in [0, 0.05) is 12.1 Å². The molecule has 0 bridgehead atoms. The molecule has 0 spiro atoms. The van der Waals surface area contributed by atoms with E-state index in [1.165, 1.54) is 5.56 Å². The molecule has 0 aliphatic rings. The molecule has 2 N–H and O–H groups in total. The Kier molecular flexibility index (Phi) is 5.18. The Morgan fingerprint density at radius 1 is 1.20 bits per heavy atom. The van der Waals surface area contributed by atoms with Crippen LogP contribution in [0.2, 0.25) is 0 Å². The van der Waals surface area contributed by atoms with Crippen molar-refractivity contribution in [3.8, 4) is 17.0 Å². The molecule has 108 valence electrons. The van der Waals surface area contributed by atoms with Crippen molar-refractivity contribution in [1.29, 1.82) is 0 Å². The maximum absolute atomic E-state index is 5.60. The van der Waals surface area contributed by atoms with Gasteiger partial charge in [0.05, 0.1) is 18.0 Å². The molecule has 1 aromatic carbocycles.